The molecule has 1 aromatic heterocycles. The fourth-order valence-corrected chi connectivity index (χ4v) is 2.44. The fourth-order valence-electron chi connectivity index (χ4n) is 1.53. The molecule has 1 atom stereocenters. The van der Waals surface area contributed by atoms with Gasteiger partial charge in [0.1, 0.15) is 6.23 Å². The van der Waals surface area contributed by atoms with Crippen molar-refractivity contribution >= 4 is 34.8 Å². The molecule has 106 valence electrons. The number of hydrogen-bond donors (Lipinski definition) is 1. The van der Waals surface area contributed by atoms with Crippen molar-refractivity contribution in [3.63, 3.8) is 0 Å². The lowest BCUT2D eigenvalue weighted by Gasteiger charge is -2.18. The Morgan fingerprint density at radius 3 is 2.50 bits per heavy atom. The average molecular weight is 333 g/mol. The van der Waals surface area contributed by atoms with Crippen molar-refractivity contribution in [3.05, 3.63) is 51.5 Å². The van der Waals surface area contributed by atoms with Crippen LogP contribution < -0.4 is 10.1 Å². The SMILES string of the molecule is CC(NCc1cnccn1)Oc1c(Cl)cc(Cl)cc1Cl. The number of ether oxygens (including phenoxy) is 1. The quantitative estimate of drug-likeness (QED) is 0.842. The summed E-state index contributed by atoms with van der Waals surface area (Å²) in [4.78, 5) is 8.14. The largest absolute Gasteiger partial charge is 0.472 e. The maximum Gasteiger partial charge on any atom is 0.158 e. The monoisotopic (exact) mass is 331 g/mol. The van der Waals surface area contributed by atoms with E-state index in [1.807, 2.05) is 6.92 Å². The van der Waals surface area contributed by atoms with Gasteiger partial charge in [0.2, 0.25) is 0 Å². The molecule has 0 aliphatic heterocycles. The number of rotatable bonds is 5. The molecule has 0 aliphatic carbocycles. The number of benzene rings is 1. The van der Waals surface area contributed by atoms with Crippen LogP contribution in [0.5, 0.6) is 5.75 Å². The van der Waals surface area contributed by atoms with Gasteiger partial charge < -0.3 is 4.74 Å². The third kappa shape index (κ3) is 4.21. The number of nitrogens with zero attached hydrogens (tertiary/aromatic N) is 2. The van der Waals surface area contributed by atoms with Crippen LogP contribution in [0.3, 0.4) is 0 Å². The highest BCUT2D eigenvalue weighted by Crippen LogP contribution is 2.36. The molecule has 0 aliphatic rings. The molecule has 0 radical (unpaired) electrons. The van der Waals surface area contributed by atoms with Gasteiger partial charge in [-0.15, -0.1) is 0 Å². The topological polar surface area (TPSA) is 47.0 Å². The number of nitrogens with one attached hydrogen (secondary N) is 1. The molecule has 1 heterocycles. The molecule has 0 spiro atoms. The minimum absolute atomic E-state index is 0.298. The summed E-state index contributed by atoms with van der Waals surface area (Å²) in [5, 5.41) is 4.35. The van der Waals surface area contributed by atoms with Gasteiger partial charge in [-0.05, 0) is 19.1 Å². The van der Waals surface area contributed by atoms with Gasteiger partial charge in [0.05, 0.1) is 15.7 Å². The summed E-state index contributed by atoms with van der Waals surface area (Å²) >= 11 is 17.9. The van der Waals surface area contributed by atoms with Crippen LogP contribution >= 0.6 is 34.8 Å². The number of halogens is 3. The van der Waals surface area contributed by atoms with Gasteiger partial charge in [0.25, 0.3) is 0 Å². The van der Waals surface area contributed by atoms with Crippen LogP contribution in [0.15, 0.2) is 30.7 Å². The Labute approximate surface area is 132 Å². The second-order valence-corrected chi connectivity index (χ2v) is 5.29. The molecule has 4 nitrogen and oxygen atoms in total. The van der Waals surface area contributed by atoms with E-state index in [1.54, 1.807) is 30.7 Å². The van der Waals surface area contributed by atoms with Crippen LogP contribution in [0.25, 0.3) is 0 Å². The molecule has 0 saturated heterocycles. The molecule has 0 saturated carbocycles. The highest BCUT2D eigenvalue weighted by Gasteiger charge is 2.12. The van der Waals surface area contributed by atoms with E-state index in [4.69, 9.17) is 39.5 Å². The summed E-state index contributed by atoms with van der Waals surface area (Å²) in [6.45, 7) is 2.37. The summed E-state index contributed by atoms with van der Waals surface area (Å²) < 4.78 is 5.67. The molecule has 2 rings (SSSR count). The molecule has 0 amide bonds. The normalized spacial score (nSPS) is 12.2. The van der Waals surface area contributed by atoms with Crippen molar-refractivity contribution in [1.29, 1.82) is 0 Å². The highest BCUT2D eigenvalue weighted by molar-refractivity contribution is 6.40. The Morgan fingerprint density at radius 2 is 1.90 bits per heavy atom. The van der Waals surface area contributed by atoms with E-state index >= 15 is 0 Å². The number of aromatic nitrogens is 2. The summed E-state index contributed by atoms with van der Waals surface area (Å²) in [6.07, 6.45) is 4.64. The summed E-state index contributed by atoms with van der Waals surface area (Å²) in [5.41, 5.74) is 0.816. The number of hydrogen-bond acceptors (Lipinski definition) is 4. The third-order valence-corrected chi connectivity index (χ3v) is 3.22. The molecular weight excluding hydrogens is 321 g/mol. The van der Waals surface area contributed by atoms with Gasteiger partial charge in [-0.1, -0.05) is 34.8 Å². The summed E-state index contributed by atoms with van der Waals surface area (Å²) in [6, 6.07) is 3.17. The average Bonchev–Trinajstić information content (AvgIpc) is 2.42. The predicted octanol–water partition coefficient (Wildman–Crippen LogP) is 3.95. The first-order valence-corrected chi connectivity index (χ1v) is 6.99. The zero-order valence-corrected chi connectivity index (χ0v) is 12.9. The molecule has 1 unspecified atom stereocenters. The smallest absolute Gasteiger partial charge is 0.158 e. The molecular formula is C13H12Cl3N3O. The Morgan fingerprint density at radius 1 is 1.20 bits per heavy atom. The van der Waals surface area contributed by atoms with E-state index in [0.717, 1.165) is 5.69 Å². The van der Waals surface area contributed by atoms with Crippen molar-refractivity contribution in [2.75, 3.05) is 0 Å². The van der Waals surface area contributed by atoms with Crippen molar-refractivity contribution in [1.82, 2.24) is 15.3 Å². The van der Waals surface area contributed by atoms with Gasteiger partial charge in [-0.25, -0.2) is 0 Å². The van der Waals surface area contributed by atoms with Crippen molar-refractivity contribution in [2.45, 2.75) is 19.7 Å². The lowest BCUT2D eigenvalue weighted by molar-refractivity contribution is 0.181. The van der Waals surface area contributed by atoms with E-state index in [9.17, 15) is 0 Å². The van der Waals surface area contributed by atoms with E-state index in [-0.39, 0.29) is 6.23 Å². The van der Waals surface area contributed by atoms with E-state index in [1.165, 1.54) is 0 Å². The Balaban J connectivity index is 1.96. The molecule has 0 bridgehead atoms. The molecule has 1 N–H and O–H groups in total. The Kier molecular flexibility index (Phi) is 5.43. The van der Waals surface area contributed by atoms with Crippen molar-refractivity contribution in [2.24, 2.45) is 0 Å². The zero-order valence-electron chi connectivity index (χ0n) is 10.6. The first kappa shape index (κ1) is 15.3. The van der Waals surface area contributed by atoms with Crippen LogP contribution in [0.1, 0.15) is 12.6 Å². The third-order valence-electron chi connectivity index (χ3n) is 2.44. The van der Waals surface area contributed by atoms with E-state index < -0.39 is 0 Å². The highest BCUT2D eigenvalue weighted by atomic mass is 35.5. The van der Waals surface area contributed by atoms with Gasteiger partial charge >= 0.3 is 0 Å². The summed E-state index contributed by atoms with van der Waals surface area (Å²) in [5.74, 6) is 0.400. The van der Waals surface area contributed by atoms with Crippen molar-refractivity contribution < 1.29 is 4.74 Å². The Bertz CT molecular complexity index is 557. The first-order valence-electron chi connectivity index (χ1n) is 5.85. The van der Waals surface area contributed by atoms with Crippen LogP contribution in [0.4, 0.5) is 0 Å². The van der Waals surface area contributed by atoms with E-state index in [0.29, 0.717) is 27.4 Å². The maximum absolute atomic E-state index is 6.05. The summed E-state index contributed by atoms with van der Waals surface area (Å²) in [7, 11) is 0. The molecule has 0 fully saturated rings. The maximum atomic E-state index is 6.05. The second-order valence-electron chi connectivity index (χ2n) is 4.04. The van der Waals surface area contributed by atoms with Gasteiger partial charge in [0, 0.05) is 30.2 Å². The van der Waals surface area contributed by atoms with Gasteiger partial charge in [-0.3, -0.25) is 15.3 Å². The Hall–Kier alpha value is -1.07. The fraction of sp³-hybridized carbons (Fsp3) is 0.231. The molecule has 7 heteroatoms. The lowest BCUT2D eigenvalue weighted by Crippen LogP contribution is -2.31. The standard InChI is InChI=1S/C13H12Cl3N3O/c1-8(19-7-10-6-17-2-3-18-10)20-13-11(15)4-9(14)5-12(13)16/h2-6,8,19H,7H2,1H3. The van der Waals surface area contributed by atoms with Gasteiger partial charge in [-0.2, -0.15) is 0 Å². The minimum atomic E-state index is -0.298. The van der Waals surface area contributed by atoms with Gasteiger partial charge in [0.15, 0.2) is 5.75 Å². The van der Waals surface area contributed by atoms with Crippen LogP contribution in [0.2, 0.25) is 15.1 Å². The second kappa shape index (κ2) is 7.09. The lowest BCUT2D eigenvalue weighted by atomic mass is 10.3. The van der Waals surface area contributed by atoms with Crippen LogP contribution in [0, 0.1) is 0 Å². The predicted molar refractivity (Wildman–Crippen MR) is 80.4 cm³/mol. The minimum Gasteiger partial charge on any atom is -0.472 e. The van der Waals surface area contributed by atoms with Crippen LogP contribution in [-0.2, 0) is 6.54 Å². The molecule has 20 heavy (non-hydrogen) atoms. The first-order chi connectivity index (χ1) is 9.56. The van der Waals surface area contributed by atoms with Crippen LogP contribution in [-0.4, -0.2) is 16.2 Å². The van der Waals surface area contributed by atoms with Crippen molar-refractivity contribution in [3.8, 4) is 5.75 Å². The van der Waals surface area contributed by atoms with E-state index in [2.05, 4.69) is 15.3 Å². The zero-order chi connectivity index (χ0) is 14.5. The molecule has 1 aromatic carbocycles. The molecule has 2 aromatic rings.